The number of halogens is 1. The molecule has 0 bridgehead atoms. The molecule has 5 N–H and O–H groups in total. The van der Waals surface area contributed by atoms with Crippen LogP contribution in [0.2, 0.25) is 0 Å². The molecule has 126 valence electrons. The second-order valence-corrected chi connectivity index (χ2v) is 6.07. The van der Waals surface area contributed by atoms with E-state index in [9.17, 15) is 14.4 Å². The van der Waals surface area contributed by atoms with Gasteiger partial charge in [0.2, 0.25) is 11.8 Å². The first-order chi connectivity index (χ1) is 10.8. The molecule has 0 aliphatic carbocycles. The molecule has 23 heavy (non-hydrogen) atoms. The van der Waals surface area contributed by atoms with Gasteiger partial charge in [-0.25, -0.2) is 4.79 Å². The van der Waals surface area contributed by atoms with Gasteiger partial charge in [0.1, 0.15) is 6.04 Å². The molecule has 1 rings (SSSR count). The van der Waals surface area contributed by atoms with E-state index in [0.29, 0.717) is 12.1 Å². The molecule has 1 aromatic rings. The summed E-state index contributed by atoms with van der Waals surface area (Å²) < 4.78 is 0.895. The van der Waals surface area contributed by atoms with Crippen LogP contribution in [0.15, 0.2) is 28.7 Å². The minimum absolute atomic E-state index is 0.0986. The van der Waals surface area contributed by atoms with Crippen molar-refractivity contribution < 1.29 is 14.4 Å². The fraction of sp³-hybridized carbons (Fsp3) is 0.400. The fourth-order valence-corrected chi connectivity index (χ4v) is 2.09. The maximum absolute atomic E-state index is 12.1. The first-order valence-corrected chi connectivity index (χ1v) is 8.01. The van der Waals surface area contributed by atoms with Crippen LogP contribution < -0.4 is 21.7 Å². The number of primary amides is 1. The zero-order valence-electron chi connectivity index (χ0n) is 13.1. The van der Waals surface area contributed by atoms with Gasteiger partial charge in [-0.15, -0.1) is 0 Å². The first-order valence-electron chi connectivity index (χ1n) is 7.22. The number of rotatable bonds is 7. The molecular formula is C15H21BrN4O3. The first kappa shape index (κ1) is 19.0. The van der Waals surface area contributed by atoms with Crippen LogP contribution >= 0.6 is 15.9 Å². The minimum Gasteiger partial charge on any atom is -0.368 e. The summed E-state index contributed by atoms with van der Waals surface area (Å²) in [4.78, 5) is 34.9. The molecule has 0 aliphatic rings. The van der Waals surface area contributed by atoms with Crippen molar-refractivity contribution in [1.82, 2.24) is 10.6 Å². The second kappa shape index (κ2) is 9.14. The maximum Gasteiger partial charge on any atom is 0.319 e. The predicted molar refractivity (Wildman–Crippen MR) is 91.7 cm³/mol. The lowest BCUT2D eigenvalue weighted by molar-refractivity contribution is -0.126. The van der Waals surface area contributed by atoms with Crippen molar-refractivity contribution in [3.63, 3.8) is 0 Å². The normalized spacial score (nSPS) is 12.8. The molecule has 0 spiro atoms. The van der Waals surface area contributed by atoms with Gasteiger partial charge in [0.05, 0.1) is 6.54 Å². The van der Waals surface area contributed by atoms with Crippen LogP contribution in [0.4, 0.5) is 10.5 Å². The van der Waals surface area contributed by atoms with E-state index in [1.807, 2.05) is 13.8 Å². The van der Waals surface area contributed by atoms with Crippen molar-refractivity contribution >= 4 is 39.5 Å². The monoisotopic (exact) mass is 384 g/mol. The van der Waals surface area contributed by atoms with E-state index in [-0.39, 0.29) is 12.5 Å². The van der Waals surface area contributed by atoms with Gasteiger partial charge in [-0.1, -0.05) is 36.2 Å². The number of carbonyl (C=O) groups is 3. The lowest BCUT2D eigenvalue weighted by Crippen LogP contribution is -2.52. The Labute approximate surface area is 143 Å². The number of urea groups is 1. The van der Waals surface area contributed by atoms with E-state index in [1.165, 1.54) is 0 Å². The molecule has 0 fully saturated rings. The fourth-order valence-electron chi connectivity index (χ4n) is 1.83. The summed E-state index contributed by atoms with van der Waals surface area (Å²) >= 11 is 3.31. The van der Waals surface area contributed by atoms with Gasteiger partial charge in [0.25, 0.3) is 0 Å². The van der Waals surface area contributed by atoms with Gasteiger partial charge >= 0.3 is 6.03 Å². The summed E-state index contributed by atoms with van der Waals surface area (Å²) in [6, 6.07) is 5.80. The standard InChI is InChI=1S/C15H21BrN4O3/c1-3-9(2)13(14(22)18-8-12(17)21)20-15(23)19-11-6-4-10(16)5-7-11/h4-7,9,13H,3,8H2,1-2H3,(H2,17,21)(H,18,22)(H2,19,20,23). The van der Waals surface area contributed by atoms with Crippen LogP contribution in [-0.2, 0) is 9.59 Å². The third kappa shape index (κ3) is 6.68. The Morgan fingerprint density at radius 2 is 1.83 bits per heavy atom. The van der Waals surface area contributed by atoms with E-state index >= 15 is 0 Å². The van der Waals surface area contributed by atoms with E-state index < -0.39 is 23.9 Å². The summed E-state index contributed by atoms with van der Waals surface area (Å²) in [6.45, 7) is 3.49. The Kier molecular flexibility index (Phi) is 7.53. The Hall–Kier alpha value is -2.09. The summed E-state index contributed by atoms with van der Waals surface area (Å²) in [6.07, 6.45) is 0.688. The van der Waals surface area contributed by atoms with Gasteiger partial charge < -0.3 is 21.7 Å². The Bertz CT molecular complexity index is 562. The van der Waals surface area contributed by atoms with Crippen LogP contribution in [0.5, 0.6) is 0 Å². The van der Waals surface area contributed by atoms with E-state index in [1.54, 1.807) is 24.3 Å². The lowest BCUT2D eigenvalue weighted by Gasteiger charge is -2.23. The summed E-state index contributed by atoms with van der Waals surface area (Å²) in [7, 11) is 0. The van der Waals surface area contributed by atoms with Crippen LogP contribution in [0.3, 0.4) is 0 Å². The number of hydrogen-bond donors (Lipinski definition) is 4. The summed E-state index contributed by atoms with van der Waals surface area (Å²) in [5.74, 6) is -1.18. The Morgan fingerprint density at radius 1 is 1.22 bits per heavy atom. The van der Waals surface area contributed by atoms with Crippen LogP contribution in [-0.4, -0.2) is 30.4 Å². The number of benzene rings is 1. The van der Waals surface area contributed by atoms with E-state index in [0.717, 1.165) is 4.47 Å². The van der Waals surface area contributed by atoms with Crippen LogP contribution in [0.25, 0.3) is 0 Å². The van der Waals surface area contributed by atoms with Crippen molar-refractivity contribution in [3.05, 3.63) is 28.7 Å². The number of nitrogens with two attached hydrogens (primary N) is 1. The molecule has 8 heteroatoms. The average molecular weight is 385 g/mol. The summed E-state index contributed by atoms with van der Waals surface area (Å²) in [5.41, 5.74) is 5.61. The molecule has 0 aromatic heterocycles. The number of carbonyl (C=O) groups excluding carboxylic acids is 3. The molecule has 2 atom stereocenters. The molecule has 4 amide bonds. The molecule has 0 heterocycles. The van der Waals surface area contributed by atoms with Crippen molar-refractivity contribution in [1.29, 1.82) is 0 Å². The van der Waals surface area contributed by atoms with Crippen molar-refractivity contribution in [3.8, 4) is 0 Å². The highest BCUT2D eigenvalue weighted by Gasteiger charge is 2.26. The maximum atomic E-state index is 12.1. The van der Waals surface area contributed by atoms with Crippen LogP contribution in [0.1, 0.15) is 20.3 Å². The topological polar surface area (TPSA) is 113 Å². The molecule has 2 unspecified atom stereocenters. The van der Waals surface area contributed by atoms with Gasteiger partial charge in [0.15, 0.2) is 0 Å². The summed E-state index contributed by atoms with van der Waals surface area (Å²) in [5, 5.41) is 7.70. The molecule has 7 nitrogen and oxygen atoms in total. The zero-order valence-corrected chi connectivity index (χ0v) is 14.6. The van der Waals surface area contributed by atoms with Crippen molar-refractivity contribution in [2.45, 2.75) is 26.3 Å². The SMILES string of the molecule is CCC(C)C(NC(=O)Nc1ccc(Br)cc1)C(=O)NCC(N)=O. The van der Waals surface area contributed by atoms with Gasteiger partial charge in [0, 0.05) is 10.2 Å². The Morgan fingerprint density at radius 3 is 2.35 bits per heavy atom. The zero-order chi connectivity index (χ0) is 17.4. The van der Waals surface area contributed by atoms with Crippen LogP contribution in [0, 0.1) is 5.92 Å². The molecule has 0 saturated carbocycles. The van der Waals surface area contributed by atoms with E-state index in [4.69, 9.17) is 5.73 Å². The minimum atomic E-state index is -0.755. The van der Waals surface area contributed by atoms with Crippen molar-refractivity contribution in [2.24, 2.45) is 11.7 Å². The highest BCUT2D eigenvalue weighted by Crippen LogP contribution is 2.14. The number of hydrogen-bond acceptors (Lipinski definition) is 3. The average Bonchev–Trinajstić information content (AvgIpc) is 2.51. The highest BCUT2D eigenvalue weighted by molar-refractivity contribution is 9.10. The molecule has 0 radical (unpaired) electrons. The predicted octanol–water partition coefficient (Wildman–Crippen LogP) is 1.59. The van der Waals surface area contributed by atoms with Gasteiger partial charge in [-0.05, 0) is 30.2 Å². The molecular weight excluding hydrogens is 364 g/mol. The van der Waals surface area contributed by atoms with Gasteiger partial charge in [-0.2, -0.15) is 0 Å². The highest BCUT2D eigenvalue weighted by atomic mass is 79.9. The largest absolute Gasteiger partial charge is 0.368 e. The third-order valence-corrected chi connectivity index (χ3v) is 3.85. The molecule has 0 saturated heterocycles. The smallest absolute Gasteiger partial charge is 0.319 e. The molecule has 0 aliphatic heterocycles. The lowest BCUT2D eigenvalue weighted by atomic mass is 9.98. The second-order valence-electron chi connectivity index (χ2n) is 5.15. The number of amides is 4. The Balaban J connectivity index is 2.68. The molecule has 1 aromatic carbocycles. The van der Waals surface area contributed by atoms with Gasteiger partial charge in [-0.3, -0.25) is 9.59 Å². The number of nitrogens with one attached hydrogen (secondary N) is 3. The van der Waals surface area contributed by atoms with Crippen molar-refractivity contribution in [2.75, 3.05) is 11.9 Å². The number of anilines is 1. The quantitative estimate of drug-likeness (QED) is 0.572. The third-order valence-electron chi connectivity index (χ3n) is 3.32. The van der Waals surface area contributed by atoms with E-state index in [2.05, 4.69) is 31.9 Å².